The third kappa shape index (κ3) is 4.50. The number of hydrogen-bond acceptors (Lipinski definition) is 5. The summed E-state index contributed by atoms with van der Waals surface area (Å²) < 4.78 is 1.75. The van der Waals surface area contributed by atoms with Crippen LogP contribution in [0.1, 0.15) is 60.1 Å². The van der Waals surface area contributed by atoms with Gasteiger partial charge in [0.25, 0.3) is 5.56 Å². The van der Waals surface area contributed by atoms with Crippen LogP contribution in [0, 0.1) is 13.8 Å². The summed E-state index contributed by atoms with van der Waals surface area (Å²) in [5.74, 6) is 0.460. The first kappa shape index (κ1) is 22.7. The Balaban J connectivity index is 1.56. The molecule has 5 rings (SSSR count). The van der Waals surface area contributed by atoms with Gasteiger partial charge in [0, 0.05) is 18.0 Å². The maximum Gasteiger partial charge on any atom is 0.267 e. The predicted octanol–water partition coefficient (Wildman–Crippen LogP) is 5.44. The first-order chi connectivity index (χ1) is 16.0. The van der Waals surface area contributed by atoms with E-state index in [1.807, 2.05) is 11.0 Å². The second-order valence-corrected chi connectivity index (χ2v) is 11.3. The highest BCUT2D eigenvalue weighted by atomic mass is 32.2. The number of carbonyl (C=O) groups excluding carboxylic acids is 1. The highest BCUT2D eigenvalue weighted by molar-refractivity contribution is 7.99. The van der Waals surface area contributed by atoms with Crippen LogP contribution in [0.2, 0.25) is 0 Å². The van der Waals surface area contributed by atoms with Gasteiger partial charge >= 0.3 is 0 Å². The zero-order valence-electron chi connectivity index (χ0n) is 19.5. The van der Waals surface area contributed by atoms with Crippen molar-refractivity contribution in [3.8, 4) is 5.69 Å². The molecule has 1 aromatic carbocycles. The van der Waals surface area contributed by atoms with E-state index in [2.05, 4.69) is 26.0 Å². The number of rotatable bonds is 4. The van der Waals surface area contributed by atoms with Gasteiger partial charge in [-0.05, 0) is 81.2 Å². The molecule has 3 heterocycles. The molecule has 0 radical (unpaired) electrons. The molecule has 2 aliphatic rings. The number of amides is 1. The van der Waals surface area contributed by atoms with Crippen LogP contribution in [0.15, 0.2) is 28.2 Å². The van der Waals surface area contributed by atoms with Crippen LogP contribution in [0.5, 0.6) is 0 Å². The van der Waals surface area contributed by atoms with E-state index in [0.29, 0.717) is 10.9 Å². The number of thioether (sulfide) groups is 1. The van der Waals surface area contributed by atoms with Crippen molar-refractivity contribution in [2.24, 2.45) is 0 Å². The van der Waals surface area contributed by atoms with Crippen molar-refractivity contribution in [2.45, 2.75) is 70.4 Å². The molecule has 5 nitrogen and oxygen atoms in total. The van der Waals surface area contributed by atoms with Crippen LogP contribution in [-0.2, 0) is 17.6 Å². The Kier molecular flexibility index (Phi) is 6.61. The number of nitrogens with zero attached hydrogens (tertiary/aromatic N) is 3. The molecule has 0 saturated carbocycles. The van der Waals surface area contributed by atoms with Gasteiger partial charge in [-0.2, -0.15) is 0 Å². The zero-order valence-corrected chi connectivity index (χ0v) is 21.1. The Hall–Kier alpha value is -2.12. The lowest BCUT2D eigenvalue weighted by atomic mass is 9.97. The predicted molar refractivity (Wildman–Crippen MR) is 137 cm³/mol. The second-order valence-electron chi connectivity index (χ2n) is 9.28. The van der Waals surface area contributed by atoms with E-state index in [9.17, 15) is 9.59 Å². The van der Waals surface area contributed by atoms with Gasteiger partial charge in [-0.1, -0.05) is 30.7 Å². The fourth-order valence-electron chi connectivity index (χ4n) is 4.91. The lowest BCUT2D eigenvalue weighted by Gasteiger charge is -2.20. The van der Waals surface area contributed by atoms with Gasteiger partial charge in [-0.25, -0.2) is 4.98 Å². The van der Waals surface area contributed by atoms with E-state index in [1.165, 1.54) is 47.0 Å². The molecule has 0 spiro atoms. The van der Waals surface area contributed by atoms with Gasteiger partial charge < -0.3 is 4.90 Å². The van der Waals surface area contributed by atoms with Crippen LogP contribution < -0.4 is 5.56 Å². The number of aryl methyl sites for hydroxylation is 4. The molecule has 1 aliphatic carbocycles. The number of likely N-dealkylation sites (tertiary alicyclic amines) is 1. The molecule has 7 heteroatoms. The summed E-state index contributed by atoms with van der Waals surface area (Å²) in [4.78, 5) is 36.0. The number of carbonyl (C=O) groups is 1. The molecule has 0 unspecified atom stereocenters. The molecule has 1 amide bonds. The number of hydrogen-bond donors (Lipinski definition) is 0. The molecular weight excluding hydrogens is 450 g/mol. The summed E-state index contributed by atoms with van der Waals surface area (Å²) in [5, 5.41) is 1.41. The van der Waals surface area contributed by atoms with Crippen molar-refractivity contribution in [1.29, 1.82) is 0 Å². The maximum atomic E-state index is 13.9. The van der Waals surface area contributed by atoms with E-state index in [0.717, 1.165) is 66.7 Å². The maximum absolute atomic E-state index is 13.9. The molecule has 174 valence electrons. The third-order valence-corrected chi connectivity index (χ3v) is 9.10. The van der Waals surface area contributed by atoms with Crippen molar-refractivity contribution in [3.63, 3.8) is 0 Å². The molecule has 0 N–H and O–H groups in total. The summed E-state index contributed by atoms with van der Waals surface area (Å²) in [5.41, 5.74) is 4.38. The lowest BCUT2D eigenvalue weighted by Crippen LogP contribution is -2.33. The van der Waals surface area contributed by atoms with Gasteiger partial charge in [0.1, 0.15) is 4.83 Å². The second kappa shape index (κ2) is 9.63. The quantitative estimate of drug-likeness (QED) is 0.368. The summed E-state index contributed by atoms with van der Waals surface area (Å²) in [6.45, 7) is 5.83. The van der Waals surface area contributed by atoms with Crippen LogP contribution in [0.4, 0.5) is 0 Å². The zero-order chi connectivity index (χ0) is 22.9. The minimum Gasteiger partial charge on any atom is -0.342 e. The fourth-order valence-corrected chi connectivity index (χ4v) is 7.13. The first-order valence-corrected chi connectivity index (χ1v) is 13.9. The summed E-state index contributed by atoms with van der Waals surface area (Å²) in [6, 6.07) is 6.11. The van der Waals surface area contributed by atoms with Gasteiger partial charge in [0.15, 0.2) is 5.16 Å². The average Bonchev–Trinajstić information content (AvgIpc) is 2.97. The Morgan fingerprint density at radius 1 is 1.03 bits per heavy atom. The fraction of sp³-hybridized carbons (Fsp3) is 0.500. The van der Waals surface area contributed by atoms with E-state index in [1.54, 1.807) is 15.9 Å². The molecule has 3 aromatic rings. The summed E-state index contributed by atoms with van der Waals surface area (Å²) in [6.07, 6.45) is 8.85. The standard InChI is InChI=1S/C26H31N3O2S2/c1-17-11-12-19(15-18(17)2)29-25(31)23-20-9-5-6-10-21(20)33-24(23)27-26(29)32-16-22(30)28-13-7-3-4-8-14-28/h11-12,15H,3-10,13-14,16H2,1-2H3. The van der Waals surface area contributed by atoms with E-state index in [4.69, 9.17) is 4.98 Å². The van der Waals surface area contributed by atoms with E-state index < -0.39 is 0 Å². The van der Waals surface area contributed by atoms with Crippen molar-refractivity contribution < 1.29 is 4.79 Å². The molecule has 2 aromatic heterocycles. The average molecular weight is 482 g/mol. The van der Waals surface area contributed by atoms with Gasteiger partial charge in [-0.15, -0.1) is 11.3 Å². The Morgan fingerprint density at radius 3 is 2.55 bits per heavy atom. The number of thiophene rings is 1. The molecule has 33 heavy (non-hydrogen) atoms. The van der Waals surface area contributed by atoms with Crippen LogP contribution in [0.3, 0.4) is 0 Å². The van der Waals surface area contributed by atoms with E-state index >= 15 is 0 Å². The van der Waals surface area contributed by atoms with Crippen LogP contribution in [0.25, 0.3) is 15.9 Å². The Bertz CT molecular complexity index is 1250. The van der Waals surface area contributed by atoms with Crippen molar-refractivity contribution in [1.82, 2.24) is 14.5 Å². The minimum atomic E-state index is 0.00683. The molecule has 1 saturated heterocycles. The summed E-state index contributed by atoms with van der Waals surface area (Å²) in [7, 11) is 0. The molecule has 0 atom stereocenters. The lowest BCUT2D eigenvalue weighted by molar-refractivity contribution is -0.128. The first-order valence-electron chi connectivity index (χ1n) is 12.1. The molecule has 1 fully saturated rings. The number of benzene rings is 1. The van der Waals surface area contributed by atoms with E-state index in [-0.39, 0.29) is 11.5 Å². The van der Waals surface area contributed by atoms with Crippen LogP contribution >= 0.6 is 23.1 Å². The highest BCUT2D eigenvalue weighted by Crippen LogP contribution is 2.35. The molecule has 0 bridgehead atoms. The molecular formula is C26H31N3O2S2. The smallest absolute Gasteiger partial charge is 0.267 e. The molecule has 1 aliphatic heterocycles. The normalized spacial score (nSPS) is 16.6. The number of fused-ring (bicyclic) bond motifs is 3. The Morgan fingerprint density at radius 2 is 1.79 bits per heavy atom. The van der Waals surface area contributed by atoms with Crippen molar-refractivity contribution in [2.75, 3.05) is 18.8 Å². The Labute approximate surface area is 203 Å². The van der Waals surface area contributed by atoms with Crippen molar-refractivity contribution >= 4 is 39.2 Å². The van der Waals surface area contributed by atoms with Gasteiger partial charge in [0.2, 0.25) is 5.91 Å². The topological polar surface area (TPSA) is 55.2 Å². The third-order valence-electron chi connectivity index (χ3n) is 6.99. The number of aromatic nitrogens is 2. The van der Waals surface area contributed by atoms with Crippen LogP contribution in [-0.4, -0.2) is 39.2 Å². The van der Waals surface area contributed by atoms with Gasteiger partial charge in [-0.3, -0.25) is 14.2 Å². The largest absolute Gasteiger partial charge is 0.342 e. The monoisotopic (exact) mass is 481 g/mol. The minimum absolute atomic E-state index is 0.00683. The SMILES string of the molecule is Cc1ccc(-n2c(SCC(=O)N3CCCCCC3)nc3sc4c(c3c2=O)CCCC4)cc1C. The van der Waals surface area contributed by atoms with Crippen molar-refractivity contribution in [3.05, 3.63) is 50.1 Å². The summed E-state index contributed by atoms with van der Waals surface area (Å²) >= 11 is 3.07. The van der Waals surface area contributed by atoms with Gasteiger partial charge in [0.05, 0.1) is 16.8 Å². The highest BCUT2D eigenvalue weighted by Gasteiger charge is 2.24.